The number of hydrogen-bond donors (Lipinski definition) is 3. The normalized spacial score (nSPS) is 17.7. The largest absolute Gasteiger partial charge is 0.393 e. The molecule has 0 aliphatic carbocycles. The minimum atomic E-state index is -0.176. The minimum Gasteiger partial charge on any atom is -0.393 e. The number of benzene rings is 2. The van der Waals surface area contributed by atoms with E-state index in [0.717, 1.165) is 62.1 Å². The van der Waals surface area contributed by atoms with Crippen molar-refractivity contribution in [2.45, 2.75) is 51.3 Å². The molecule has 1 fully saturated rings. The highest BCUT2D eigenvalue weighted by Crippen LogP contribution is 2.23. The average molecular weight is 408 g/mol. The zero-order chi connectivity index (χ0) is 20.9. The van der Waals surface area contributed by atoms with Crippen LogP contribution in [0.4, 0.5) is 5.69 Å². The topological polar surface area (TPSA) is 81.7 Å². The molecule has 0 aromatic heterocycles. The molecule has 158 valence electrons. The number of aliphatic hydroxyl groups excluding tert-OH is 1. The number of hydrogen-bond acceptors (Lipinski definition) is 4. The van der Waals surface area contributed by atoms with Gasteiger partial charge in [-0.1, -0.05) is 24.3 Å². The maximum absolute atomic E-state index is 12.8. The van der Waals surface area contributed by atoms with Crippen molar-refractivity contribution in [3.05, 3.63) is 64.7 Å². The molecular formula is C24H29N3O3. The number of carbonyl (C=O) groups excluding carboxylic acids is 2. The first-order chi connectivity index (χ1) is 14.6. The molecule has 1 saturated heterocycles. The van der Waals surface area contributed by atoms with Crippen molar-refractivity contribution in [2.24, 2.45) is 0 Å². The molecule has 0 unspecified atom stereocenters. The van der Waals surface area contributed by atoms with Gasteiger partial charge in [0.05, 0.1) is 6.10 Å². The molecule has 2 aliphatic heterocycles. The highest BCUT2D eigenvalue weighted by molar-refractivity contribution is 5.97. The van der Waals surface area contributed by atoms with Crippen LogP contribution in [0, 0.1) is 0 Å². The lowest BCUT2D eigenvalue weighted by atomic mass is 10.0. The van der Waals surface area contributed by atoms with Crippen molar-refractivity contribution in [3.63, 3.8) is 0 Å². The van der Waals surface area contributed by atoms with Crippen molar-refractivity contribution in [1.82, 2.24) is 10.2 Å². The van der Waals surface area contributed by atoms with Gasteiger partial charge in [-0.15, -0.1) is 0 Å². The zero-order valence-corrected chi connectivity index (χ0v) is 17.2. The maximum Gasteiger partial charge on any atom is 0.251 e. The molecule has 2 aromatic carbocycles. The van der Waals surface area contributed by atoms with Crippen LogP contribution < -0.4 is 10.6 Å². The fraction of sp³-hybridized carbons (Fsp3) is 0.417. The molecule has 4 rings (SSSR count). The number of likely N-dealkylation sites (tertiary alicyclic amines) is 1. The first kappa shape index (κ1) is 20.6. The van der Waals surface area contributed by atoms with Gasteiger partial charge in [-0.3, -0.25) is 14.5 Å². The van der Waals surface area contributed by atoms with Gasteiger partial charge < -0.3 is 15.7 Å². The standard InChI is InChI=1S/C24H29N3O3/c28-21-10-12-27(13-11-21)16-20-5-2-1-4-19(20)15-25-24(30)18-8-9-22-17(14-18)6-3-7-23(29)26-22/h1-2,4-5,8-9,14,21,28H,3,6-7,10-13,15-16H2,(H,25,30)(H,26,29). The van der Waals surface area contributed by atoms with Crippen LogP contribution in [0.3, 0.4) is 0 Å². The van der Waals surface area contributed by atoms with Crippen LogP contribution in [0.2, 0.25) is 0 Å². The van der Waals surface area contributed by atoms with Crippen LogP contribution in [0.25, 0.3) is 0 Å². The third kappa shape index (κ3) is 5.07. The summed E-state index contributed by atoms with van der Waals surface area (Å²) < 4.78 is 0. The number of carbonyl (C=O) groups is 2. The monoisotopic (exact) mass is 407 g/mol. The molecular weight excluding hydrogens is 378 g/mol. The van der Waals surface area contributed by atoms with Crippen molar-refractivity contribution in [1.29, 1.82) is 0 Å². The van der Waals surface area contributed by atoms with Crippen LogP contribution >= 0.6 is 0 Å². The number of nitrogens with zero attached hydrogens (tertiary/aromatic N) is 1. The van der Waals surface area contributed by atoms with E-state index in [1.807, 2.05) is 24.3 Å². The third-order valence-corrected chi connectivity index (χ3v) is 6.00. The van der Waals surface area contributed by atoms with Crippen molar-refractivity contribution < 1.29 is 14.7 Å². The van der Waals surface area contributed by atoms with Gasteiger partial charge in [-0.25, -0.2) is 0 Å². The third-order valence-electron chi connectivity index (χ3n) is 6.00. The smallest absolute Gasteiger partial charge is 0.251 e. The van der Waals surface area contributed by atoms with E-state index in [9.17, 15) is 14.7 Å². The van der Waals surface area contributed by atoms with E-state index in [1.165, 1.54) is 5.56 Å². The molecule has 0 bridgehead atoms. The van der Waals surface area contributed by atoms with E-state index < -0.39 is 0 Å². The highest BCUT2D eigenvalue weighted by atomic mass is 16.3. The summed E-state index contributed by atoms with van der Waals surface area (Å²) in [6.07, 6.45) is 3.57. The number of amides is 2. The van der Waals surface area contributed by atoms with E-state index in [0.29, 0.717) is 18.5 Å². The molecule has 0 radical (unpaired) electrons. The van der Waals surface area contributed by atoms with Crippen molar-refractivity contribution >= 4 is 17.5 Å². The van der Waals surface area contributed by atoms with E-state index in [4.69, 9.17) is 0 Å². The second-order valence-corrected chi connectivity index (χ2v) is 8.23. The summed E-state index contributed by atoms with van der Waals surface area (Å²) in [4.78, 5) is 26.8. The SMILES string of the molecule is O=C1CCCc2cc(C(=O)NCc3ccccc3CN3CCC(O)CC3)ccc2N1. The molecule has 2 aliphatic rings. The summed E-state index contributed by atoms with van der Waals surface area (Å²) in [5.41, 5.74) is 4.76. The molecule has 6 nitrogen and oxygen atoms in total. The molecule has 30 heavy (non-hydrogen) atoms. The Morgan fingerprint density at radius 1 is 1.10 bits per heavy atom. The summed E-state index contributed by atoms with van der Waals surface area (Å²) in [6.45, 7) is 3.09. The molecule has 0 atom stereocenters. The van der Waals surface area contributed by atoms with Gasteiger partial charge >= 0.3 is 0 Å². The number of anilines is 1. The lowest BCUT2D eigenvalue weighted by Crippen LogP contribution is -2.35. The Labute approximate surface area is 177 Å². The first-order valence-corrected chi connectivity index (χ1v) is 10.8. The van der Waals surface area contributed by atoms with Gasteiger partial charge in [0.15, 0.2) is 0 Å². The molecule has 3 N–H and O–H groups in total. The average Bonchev–Trinajstić information content (AvgIpc) is 2.94. The summed E-state index contributed by atoms with van der Waals surface area (Å²) in [5, 5.41) is 15.7. The fourth-order valence-electron chi connectivity index (χ4n) is 4.20. The van der Waals surface area contributed by atoms with Crippen LogP contribution in [0.1, 0.15) is 52.7 Å². The van der Waals surface area contributed by atoms with Crippen LogP contribution in [0.15, 0.2) is 42.5 Å². The maximum atomic E-state index is 12.8. The molecule has 2 aromatic rings. The van der Waals surface area contributed by atoms with Crippen LogP contribution in [-0.4, -0.2) is 41.0 Å². The number of piperidine rings is 1. The lowest BCUT2D eigenvalue weighted by molar-refractivity contribution is -0.116. The summed E-state index contributed by atoms with van der Waals surface area (Å²) in [5.74, 6) is -0.0740. The summed E-state index contributed by atoms with van der Waals surface area (Å²) >= 11 is 0. The highest BCUT2D eigenvalue weighted by Gasteiger charge is 2.18. The Morgan fingerprint density at radius 2 is 1.87 bits per heavy atom. The number of nitrogens with one attached hydrogen (secondary N) is 2. The van der Waals surface area contributed by atoms with Gasteiger partial charge in [0.1, 0.15) is 0 Å². The predicted octanol–water partition coefficient (Wildman–Crippen LogP) is 2.85. The quantitative estimate of drug-likeness (QED) is 0.712. The fourth-order valence-corrected chi connectivity index (χ4v) is 4.20. The zero-order valence-electron chi connectivity index (χ0n) is 17.2. The van der Waals surface area contributed by atoms with Crippen LogP contribution in [-0.2, 0) is 24.3 Å². The summed E-state index contributed by atoms with van der Waals surface area (Å²) in [7, 11) is 0. The Kier molecular flexibility index (Phi) is 6.45. The van der Waals surface area contributed by atoms with Gasteiger partial charge in [0.25, 0.3) is 5.91 Å². The molecule has 2 heterocycles. The summed E-state index contributed by atoms with van der Waals surface area (Å²) in [6, 6.07) is 13.7. The van der Waals surface area contributed by atoms with E-state index in [-0.39, 0.29) is 17.9 Å². The number of rotatable bonds is 5. The van der Waals surface area contributed by atoms with Gasteiger partial charge in [-0.2, -0.15) is 0 Å². The Hall–Kier alpha value is -2.70. The lowest BCUT2D eigenvalue weighted by Gasteiger charge is -2.30. The number of fused-ring (bicyclic) bond motifs is 1. The van der Waals surface area contributed by atoms with Gasteiger partial charge in [0, 0.05) is 43.9 Å². The van der Waals surface area contributed by atoms with Gasteiger partial charge in [-0.05, 0) is 60.6 Å². The van der Waals surface area contributed by atoms with E-state index in [2.05, 4.69) is 27.7 Å². The minimum absolute atomic E-state index is 0.0331. The Morgan fingerprint density at radius 3 is 2.67 bits per heavy atom. The Balaban J connectivity index is 1.40. The van der Waals surface area contributed by atoms with Crippen molar-refractivity contribution in [2.75, 3.05) is 18.4 Å². The van der Waals surface area contributed by atoms with Crippen molar-refractivity contribution in [3.8, 4) is 0 Å². The van der Waals surface area contributed by atoms with Crippen LogP contribution in [0.5, 0.6) is 0 Å². The molecule has 0 spiro atoms. The second-order valence-electron chi connectivity index (χ2n) is 8.23. The van der Waals surface area contributed by atoms with E-state index >= 15 is 0 Å². The predicted molar refractivity (Wildman–Crippen MR) is 116 cm³/mol. The van der Waals surface area contributed by atoms with Gasteiger partial charge in [0.2, 0.25) is 5.91 Å². The number of aryl methyl sites for hydroxylation is 1. The second kappa shape index (κ2) is 9.41. The first-order valence-electron chi connectivity index (χ1n) is 10.8. The molecule has 2 amide bonds. The van der Waals surface area contributed by atoms with E-state index in [1.54, 1.807) is 6.07 Å². The molecule has 6 heteroatoms. The molecule has 0 saturated carbocycles. The number of aliphatic hydroxyl groups is 1. The Bertz CT molecular complexity index is 920.